The molecule has 0 fully saturated rings. The van der Waals surface area contributed by atoms with Crippen molar-refractivity contribution < 1.29 is 14.2 Å². The molecule has 0 aliphatic rings. The molecule has 36 heavy (non-hydrogen) atoms. The first-order chi connectivity index (χ1) is 17.5. The van der Waals surface area contributed by atoms with E-state index in [1.807, 2.05) is 30.3 Å². The summed E-state index contributed by atoms with van der Waals surface area (Å²) in [5.74, 6) is 1.28. The molecule has 184 valence electrons. The molecule has 11 heteroatoms. The highest BCUT2D eigenvalue weighted by atomic mass is 35.5. The van der Waals surface area contributed by atoms with Gasteiger partial charge in [-0.2, -0.15) is 9.61 Å². The van der Waals surface area contributed by atoms with Gasteiger partial charge in [0.2, 0.25) is 0 Å². The van der Waals surface area contributed by atoms with Crippen LogP contribution in [0, 0.1) is 0 Å². The van der Waals surface area contributed by atoms with Crippen molar-refractivity contribution in [3.8, 4) is 22.6 Å². The number of fused-ring (bicyclic) bond motifs is 3. The lowest BCUT2D eigenvalue weighted by Gasteiger charge is -2.10. The fourth-order valence-electron chi connectivity index (χ4n) is 4.10. The van der Waals surface area contributed by atoms with Gasteiger partial charge in [0.15, 0.2) is 28.3 Å². The van der Waals surface area contributed by atoms with E-state index in [0.29, 0.717) is 46.5 Å². The van der Waals surface area contributed by atoms with E-state index in [0.717, 1.165) is 16.7 Å². The number of nitrogens with zero attached hydrogens (tertiary/aromatic N) is 6. The number of rotatable bonds is 8. The van der Waals surface area contributed by atoms with Crippen molar-refractivity contribution in [2.75, 3.05) is 21.3 Å². The number of methoxy groups -OCH3 is 3. The third-order valence-electron chi connectivity index (χ3n) is 5.88. The predicted molar refractivity (Wildman–Crippen MR) is 135 cm³/mol. The zero-order valence-corrected chi connectivity index (χ0v) is 20.7. The standard InChI is InChI=1S/C25H23ClN6O4/c1-34-13-18-21(16-5-7-17(26)8-6-16)23-29-28-22-24(32(23)30-18)27-14-31(25(22)33)11-10-15-4-9-19(35-2)20(12-15)36-3/h4-9,12,14H,10-11,13H2,1-3H3. The summed E-state index contributed by atoms with van der Waals surface area (Å²) in [6, 6.07) is 13.0. The van der Waals surface area contributed by atoms with Crippen LogP contribution in [-0.2, 0) is 24.3 Å². The van der Waals surface area contributed by atoms with E-state index in [4.69, 9.17) is 25.8 Å². The molecule has 0 spiro atoms. The van der Waals surface area contributed by atoms with Gasteiger partial charge in [-0.1, -0.05) is 29.8 Å². The summed E-state index contributed by atoms with van der Waals surface area (Å²) in [5.41, 5.74) is 3.89. The van der Waals surface area contributed by atoms with Crippen LogP contribution in [-0.4, -0.2) is 50.7 Å². The Balaban J connectivity index is 1.53. The zero-order valence-electron chi connectivity index (χ0n) is 19.9. The average molecular weight is 507 g/mol. The molecule has 0 saturated heterocycles. The van der Waals surface area contributed by atoms with E-state index in [1.165, 1.54) is 10.9 Å². The Labute approximate surface area is 211 Å². The van der Waals surface area contributed by atoms with E-state index in [2.05, 4.69) is 20.3 Å². The van der Waals surface area contributed by atoms with E-state index in [-0.39, 0.29) is 17.7 Å². The Hall–Kier alpha value is -4.02. The Kier molecular flexibility index (Phi) is 6.53. The Bertz CT molecular complexity index is 1610. The molecule has 3 heterocycles. The summed E-state index contributed by atoms with van der Waals surface area (Å²) in [6.45, 7) is 0.659. The van der Waals surface area contributed by atoms with Gasteiger partial charge < -0.3 is 14.2 Å². The highest BCUT2D eigenvalue weighted by Gasteiger charge is 2.20. The fourth-order valence-corrected chi connectivity index (χ4v) is 4.22. The van der Waals surface area contributed by atoms with Crippen LogP contribution >= 0.6 is 11.6 Å². The van der Waals surface area contributed by atoms with Crippen molar-refractivity contribution in [3.63, 3.8) is 0 Å². The van der Waals surface area contributed by atoms with E-state index in [9.17, 15) is 4.79 Å². The van der Waals surface area contributed by atoms with Crippen LogP contribution in [0.4, 0.5) is 0 Å². The molecule has 3 aromatic heterocycles. The maximum Gasteiger partial charge on any atom is 0.283 e. The Morgan fingerprint density at radius 3 is 2.44 bits per heavy atom. The third-order valence-corrected chi connectivity index (χ3v) is 6.13. The molecule has 5 rings (SSSR count). The van der Waals surface area contributed by atoms with Crippen molar-refractivity contribution in [2.45, 2.75) is 19.6 Å². The smallest absolute Gasteiger partial charge is 0.283 e. The normalized spacial score (nSPS) is 11.3. The van der Waals surface area contributed by atoms with Crippen LogP contribution in [0.2, 0.25) is 5.02 Å². The molecular formula is C25H23ClN6O4. The summed E-state index contributed by atoms with van der Waals surface area (Å²) >= 11 is 6.06. The second-order valence-electron chi connectivity index (χ2n) is 8.05. The zero-order chi connectivity index (χ0) is 25.2. The van der Waals surface area contributed by atoms with Gasteiger partial charge in [0.05, 0.1) is 32.1 Å². The molecule has 0 aliphatic heterocycles. The third kappa shape index (κ3) is 4.25. The second-order valence-corrected chi connectivity index (χ2v) is 8.49. The van der Waals surface area contributed by atoms with Gasteiger partial charge >= 0.3 is 0 Å². The quantitative estimate of drug-likeness (QED) is 0.314. The van der Waals surface area contributed by atoms with Crippen LogP contribution in [0.15, 0.2) is 53.6 Å². The predicted octanol–water partition coefficient (Wildman–Crippen LogP) is 3.56. The van der Waals surface area contributed by atoms with Gasteiger partial charge in [-0.25, -0.2) is 4.98 Å². The lowest BCUT2D eigenvalue weighted by molar-refractivity contribution is 0.181. The minimum absolute atomic E-state index is 0.131. The number of hydrogen-bond acceptors (Lipinski definition) is 8. The summed E-state index contributed by atoms with van der Waals surface area (Å²) in [4.78, 5) is 17.8. The molecule has 0 saturated carbocycles. The SMILES string of the molecule is COCc1nn2c(nnc3c(=O)n(CCc4ccc(OC)c(OC)c4)cnc32)c1-c1ccc(Cl)cc1. The first-order valence-electron chi connectivity index (χ1n) is 11.1. The highest BCUT2D eigenvalue weighted by Crippen LogP contribution is 2.30. The molecule has 0 amide bonds. The molecule has 0 unspecified atom stereocenters. The second kappa shape index (κ2) is 9.92. The van der Waals surface area contributed by atoms with Crippen molar-refractivity contribution in [1.82, 2.24) is 29.4 Å². The number of ether oxygens (including phenoxy) is 3. The van der Waals surface area contributed by atoms with Crippen LogP contribution in [0.5, 0.6) is 11.5 Å². The van der Waals surface area contributed by atoms with E-state index >= 15 is 0 Å². The molecule has 0 N–H and O–H groups in total. The summed E-state index contributed by atoms with van der Waals surface area (Å²) < 4.78 is 19.1. The molecule has 2 aromatic carbocycles. The largest absolute Gasteiger partial charge is 0.493 e. The monoisotopic (exact) mass is 506 g/mol. The van der Waals surface area contributed by atoms with Crippen LogP contribution in [0.3, 0.4) is 0 Å². The number of aryl methyl sites for hydroxylation is 2. The number of aromatic nitrogens is 6. The maximum atomic E-state index is 13.2. The van der Waals surface area contributed by atoms with Crippen LogP contribution < -0.4 is 15.0 Å². The molecule has 0 aliphatic carbocycles. The topological polar surface area (TPSA) is 106 Å². The number of halogens is 1. The van der Waals surface area contributed by atoms with Gasteiger partial charge in [0, 0.05) is 18.7 Å². The molecule has 0 bridgehead atoms. The van der Waals surface area contributed by atoms with Crippen molar-refractivity contribution >= 4 is 28.4 Å². The Morgan fingerprint density at radius 2 is 1.72 bits per heavy atom. The fraction of sp³-hybridized carbons (Fsp3) is 0.240. The molecule has 5 aromatic rings. The average Bonchev–Trinajstić information content (AvgIpc) is 3.27. The summed E-state index contributed by atoms with van der Waals surface area (Å²) in [5, 5.41) is 13.9. The maximum absolute atomic E-state index is 13.2. The lowest BCUT2D eigenvalue weighted by Crippen LogP contribution is -2.24. The highest BCUT2D eigenvalue weighted by molar-refractivity contribution is 6.30. The van der Waals surface area contributed by atoms with Crippen molar-refractivity contribution in [2.24, 2.45) is 0 Å². The van der Waals surface area contributed by atoms with Gasteiger partial charge in [-0.3, -0.25) is 9.36 Å². The van der Waals surface area contributed by atoms with Gasteiger partial charge in [-0.15, -0.1) is 10.2 Å². The molecule has 0 radical (unpaired) electrons. The van der Waals surface area contributed by atoms with Gasteiger partial charge in [0.1, 0.15) is 6.33 Å². The number of hydrogen-bond donors (Lipinski definition) is 0. The van der Waals surface area contributed by atoms with E-state index < -0.39 is 0 Å². The minimum atomic E-state index is -0.299. The summed E-state index contributed by atoms with van der Waals surface area (Å²) in [7, 11) is 4.77. The molecular weight excluding hydrogens is 484 g/mol. The van der Waals surface area contributed by atoms with Crippen molar-refractivity contribution in [1.29, 1.82) is 0 Å². The molecule has 0 atom stereocenters. The number of benzene rings is 2. The minimum Gasteiger partial charge on any atom is -0.493 e. The van der Waals surface area contributed by atoms with Gasteiger partial charge in [0.25, 0.3) is 5.56 Å². The Morgan fingerprint density at radius 1 is 0.944 bits per heavy atom. The van der Waals surface area contributed by atoms with Crippen molar-refractivity contribution in [3.05, 3.63) is 75.4 Å². The lowest BCUT2D eigenvalue weighted by atomic mass is 10.1. The first kappa shape index (κ1) is 23.7. The first-order valence-corrected chi connectivity index (χ1v) is 11.5. The van der Waals surface area contributed by atoms with E-state index in [1.54, 1.807) is 38.0 Å². The van der Waals surface area contributed by atoms with Crippen LogP contribution in [0.25, 0.3) is 27.9 Å². The van der Waals surface area contributed by atoms with Crippen LogP contribution in [0.1, 0.15) is 11.3 Å². The summed E-state index contributed by atoms with van der Waals surface area (Å²) in [6.07, 6.45) is 2.09. The van der Waals surface area contributed by atoms with Gasteiger partial charge in [-0.05, 0) is 41.8 Å². The molecule has 10 nitrogen and oxygen atoms in total.